The summed E-state index contributed by atoms with van der Waals surface area (Å²) in [7, 11) is -0.216. The highest BCUT2D eigenvalue weighted by Gasteiger charge is 2.23. The number of hydrogen-bond donors (Lipinski definition) is 1. The van der Waals surface area contributed by atoms with Crippen LogP contribution in [0.1, 0.15) is 10.4 Å². The summed E-state index contributed by atoms with van der Waals surface area (Å²) >= 11 is 0. The van der Waals surface area contributed by atoms with E-state index in [1.165, 1.54) is 20.3 Å². The molecule has 1 aromatic rings. The zero-order chi connectivity index (χ0) is 14.8. The van der Waals surface area contributed by atoms with Crippen molar-refractivity contribution in [2.75, 3.05) is 20.0 Å². The number of nitrogens with one attached hydrogen (secondary N) is 1. The molecule has 1 heterocycles. The molecule has 1 amide bonds. The summed E-state index contributed by atoms with van der Waals surface area (Å²) in [5, 5.41) is 3.75. The van der Waals surface area contributed by atoms with Gasteiger partial charge in [-0.15, -0.1) is 0 Å². The quantitative estimate of drug-likeness (QED) is 0.886. The molecule has 0 radical (unpaired) electrons. The Morgan fingerprint density at radius 1 is 1.20 bits per heavy atom. The van der Waals surface area contributed by atoms with Crippen LogP contribution >= 0.6 is 0 Å². The third-order valence-electron chi connectivity index (χ3n) is 2.86. The molecule has 7 heteroatoms. The second kappa shape index (κ2) is 5.54. The van der Waals surface area contributed by atoms with E-state index in [0.717, 1.165) is 5.41 Å². The highest BCUT2D eigenvalue weighted by atomic mass is 32.2. The van der Waals surface area contributed by atoms with Crippen LogP contribution in [0.2, 0.25) is 0 Å². The van der Waals surface area contributed by atoms with Crippen molar-refractivity contribution >= 4 is 15.7 Å². The Labute approximate surface area is 117 Å². The van der Waals surface area contributed by atoms with Crippen molar-refractivity contribution in [2.24, 2.45) is 0 Å². The molecule has 6 nitrogen and oxygen atoms in total. The molecule has 1 N–H and O–H groups in total. The second-order valence-electron chi connectivity index (χ2n) is 4.34. The maximum Gasteiger partial charge on any atom is 0.252 e. The number of ether oxygens (including phenoxy) is 2. The van der Waals surface area contributed by atoms with Gasteiger partial charge in [0, 0.05) is 17.0 Å². The first kappa shape index (κ1) is 14.4. The third-order valence-corrected chi connectivity index (χ3v) is 4.26. The highest BCUT2D eigenvalue weighted by molar-refractivity contribution is 7.94. The number of rotatable bonds is 4. The van der Waals surface area contributed by atoms with Crippen LogP contribution in [-0.2, 0) is 9.84 Å². The predicted octanol–water partition coefficient (Wildman–Crippen LogP) is 0.744. The maximum absolute atomic E-state index is 12.1. The first-order chi connectivity index (χ1) is 9.43. The van der Waals surface area contributed by atoms with E-state index in [4.69, 9.17) is 9.47 Å². The molecule has 20 heavy (non-hydrogen) atoms. The van der Waals surface area contributed by atoms with Crippen LogP contribution in [0, 0.1) is 0 Å². The molecule has 0 fully saturated rings. The Hall–Kier alpha value is -2.02. The number of amides is 1. The lowest BCUT2D eigenvalue weighted by Gasteiger charge is -2.12. The molecule has 1 aliphatic heterocycles. The number of methoxy groups -OCH3 is 2. The summed E-state index contributed by atoms with van der Waals surface area (Å²) in [6.45, 7) is 0. The van der Waals surface area contributed by atoms with E-state index >= 15 is 0 Å². The van der Waals surface area contributed by atoms with E-state index in [-0.39, 0.29) is 11.7 Å². The van der Waals surface area contributed by atoms with Gasteiger partial charge in [0.2, 0.25) is 0 Å². The summed E-state index contributed by atoms with van der Waals surface area (Å²) in [4.78, 5) is 12.1. The molecule has 0 aliphatic carbocycles. The van der Waals surface area contributed by atoms with Gasteiger partial charge in [-0.05, 0) is 18.2 Å². The van der Waals surface area contributed by atoms with E-state index in [2.05, 4.69) is 5.32 Å². The molecule has 0 saturated carbocycles. The average Bonchev–Trinajstić information content (AvgIpc) is 2.77. The van der Waals surface area contributed by atoms with Gasteiger partial charge in [-0.2, -0.15) is 0 Å². The van der Waals surface area contributed by atoms with Gasteiger partial charge in [0.1, 0.15) is 11.5 Å². The normalized spacial score (nSPS) is 19.6. The molecule has 0 spiro atoms. The predicted molar refractivity (Wildman–Crippen MR) is 73.7 cm³/mol. The van der Waals surface area contributed by atoms with Crippen LogP contribution in [0.4, 0.5) is 0 Å². The summed E-state index contributed by atoms with van der Waals surface area (Å²) in [6.07, 6.45) is 1.46. The van der Waals surface area contributed by atoms with Crippen LogP contribution in [0.25, 0.3) is 0 Å². The molecule has 1 atom stereocenters. The SMILES string of the molecule is COc1cc(OC)cc(C(=O)NC2C=CS(=O)(=O)C2)c1. The van der Waals surface area contributed by atoms with E-state index < -0.39 is 15.9 Å². The fourth-order valence-corrected chi connectivity index (χ4v) is 3.09. The fraction of sp³-hybridized carbons (Fsp3) is 0.308. The second-order valence-corrected chi connectivity index (χ2v) is 6.27. The van der Waals surface area contributed by atoms with Crippen molar-refractivity contribution in [2.45, 2.75) is 6.04 Å². The summed E-state index contributed by atoms with van der Waals surface area (Å²) < 4.78 is 32.7. The van der Waals surface area contributed by atoms with Gasteiger partial charge in [0.05, 0.1) is 26.0 Å². The molecule has 2 rings (SSSR count). The van der Waals surface area contributed by atoms with Gasteiger partial charge in [-0.3, -0.25) is 4.79 Å². The third kappa shape index (κ3) is 3.30. The van der Waals surface area contributed by atoms with Crippen molar-refractivity contribution in [1.29, 1.82) is 0 Å². The zero-order valence-corrected chi connectivity index (χ0v) is 11.9. The van der Waals surface area contributed by atoms with Gasteiger partial charge in [-0.1, -0.05) is 0 Å². The van der Waals surface area contributed by atoms with Crippen molar-refractivity contribution in [1.82, 2.24) is 5.32 Å². The van der Waals surface area contributed by atoms with Crippen LogP contribution < -0.4 is 14.8 Å². The lowest BCUT2D eigenvalue weighted by atomic mass is 10.1. The number of hydrogen-bond acceptors (Lipinski definition) is 5. The lowest BCUT2D eigenvalue weighted by molar-refractivity contribution is 0.0947. The van der Waals surface area contributed by atoms with Gasteiger partial charge in [-0.25, -0.2) is 8.42 Å². The fourth-order valence-electron chi connectivity index (χ4n) is 1.86. The van der Waals surface area contributed by atoms with Crippen molar-refractivity contribution < 1.29 is 22.7 Å². The number of carbonyl (C=O) groups excluding carboxylic acids is 1. The molecule has 0 saturated heterocycles. The maximum atomic E-state index is 12.1. The van der Waals surface area contributed by atoms with Crippen molar-refractivity contribution in [3.05, 3.63) is 35.2 Å². The molecule has 0 bridgehead atoms. The molecule has 1 aliphatic rings. The Morgan fingerprint density at radius 2 is 1.80 bits per heavy atom. The Morgan fingerprint density at radius 3 is 2.25 bits per heavy atom. The highest BCUT2D eigenvalue weighted by Crippen LogP contribution is 2.22. The topological polar surface area (TPSA) is 81.7 Å². The van der Waals surface area contributed by atoms with E-state index in [1.54, 1.807) is 18.2 Å². The first-order valence-electron chi connectivity index (χ1n) is 5.88. The lowest BCUT2D eigenvalue weighted by Crippen LogP contribution is -2.35. The monoisotopic (exact) mass is 297 g/mol. The minimum atomic E-state index is -3.19. The molecular weight excluding hydrogens is 282 g/mol. The Balaban J connectivity index is 2.15. The van der Waals surface area contributed by atoms with Crippen LogP contribution in [0.5, 0.6) is 11.5 Å². The largest absolute Gasteiger partial charge is 0.497 e. The average molecular weight is 297 g/mol. The van der Waals surface area contributed by atoms with Gasteiger partial charge in [0.15, 0.2) is 9.84 Å². The van der Waals surface area contributed by atoms with Crippen LogP contribution in [0.15, 0.2) is 29.7 Å². The van der Waals surface area contributed by atoms with Crippen LogP contribution in [0.3, 0.4) is 0 Å². The summed E-state index contributed by atoms with van der Waals surface area (Å²) in [5.74, 6) is 0.488. The van der Waals surface area contributed by atoms with E-state index in [1.807, 2.05) is 0 Å². The molecule has 1 aromatic carbocycles. The van der Waals surface area contributed by atoms with E-state index in [0.29, 0.717) is 17.1 Å². The number of benzene rings is 1. The first-order valence-corrected chi connectivity index (χ1v) is 7.60. The zero-order valence-electron chi connectivity index (χ0n) is 11.1. The number of carbonyl (C=O) groups is 1. The molecule has 1 unspecified atom stereocenters. The minimum Gasteiger partial charge on any atom is -0.497 e. The molecule has 108 valence electrons. The molecular formula is C13H15NO5S. The smallest absolute Gasteiger partial charge is 0.252 e. The summed E-state index contributed by atoms with van der Waals surface area (Å²) in [6, 6.07) is 4.26. The number of sulfone groups is 1. The standard InChI is InChI=1S/C13H15NO5S/c1-18-11-5-9(6-12(7-11)19-2)13(15)14-10-3-4-20(16,17)8-10/h3-7,10H,8H2,1-2H3,(H,14,15). The van der Waals surface area contributed by atoms with Crippen LogP contribution in [-0.4, -0.2) is 40.3 Å². The summed E-state index contributed by atoms with van der Waals surface area (Å²) in [5.41, 5.74) is 0.346. The van der Waals surface area contributed by atoms with Crippen molar-refractivity contribution in [3.8, 4) is 11.5 Å². The molecule has 0 aromatic heterocycles. The van der Waals surface area contributed by atoms with Gasteiger partial charge in [0.25, 0.3) is 5.91 Å². The van der Waals surface area contributed by atoms with Crippen molar-refractivity contribution in [3.63, 3.8) is 0 Å². The van der Waals surface area contributed by atoms with Gasteiger partial charge < -0.3 is 14.8 Å². The minimum absolute atomic E-state index is 0.111. The van der Waals surface area contributed by atoms with E-state index in [9.17, 15) is 13.2 Å². The van der Waals surface area contributed by atoms with Gasteiger partial charge >= 0.3 is 0 Å². The Kier molecular flexibility index (Phi) is 3.99. The Bertz CT molecular complexity index is 628.